The summed E-state index contributed by atoms with van der Waals surface area (Å²) in [4.78, 5) is 15.8. The van der Waals surface area contributed by atoms with Gasteiger partial charge in [-0.05, 0) is 36.2 Å². The second-order valence-electron chi connectivity index (χ2n) is 4.54. The minimum absolute atomic E-state index is 0.0578. The van der Waals surface area contributed by atoms with E-state index in [-0.39, 0.29) is 16.0 Å². The number of aromatic nitrogens is 1. The van der Waals surface area contributed by atoms with E-state index >= 15 is 0 Å². The summed E-state index contributed by atoms with van der Waals surface area (Å²) in [6.45, 7) is 0.388. The van der Waals surface area contributed by atoms with Gasteiger partial charge in [0.05, 0.1) is 10.5 Å². The number of pyridine rings is 1. The molecule has 0 aliphatic carbocycles. The van der Waals surface area contributed by atoms with Crippen molar-refractivity contribution in [2.75, 3.05) is 6.54 Å². The lowest BCUT2D eigenvalue weighted by molar-refractivity contribution is 0.0954. The quantitative estimate of drug-likeness (QED) is 0.803. The van der Waals surface area contributed by atoms with Crippen molar-refractivity contribution >= 4 is 27.5 Å². The molecule has 0 bridgehead atoms. The molecule has 0 saturated heterocycles. The second kappa shape index (κ2) is 6.87. The molecule has 0 unspecified atom stereocenters. The van der Waals surface area contributed by atoms with Crippen LogP contribution in [-0.2, 0) is 16.4 Å². The van der Waals surface area contributed by atoms with Crippen LogP contribution in [0.2, 0.25) is 5.15 Å². The largest absolute Gasteiger partial charge is 0.352 e. The van der Waals surface area contributed by atoms with Gasteiger partial charge in [0.1, 0.15) is 5.15 Å². The number of carbonyl (C=O) groups is 1. The van der Waals surface area contributed by atoms with Crippen LogP contribution in [-0.4, -0.2) is 25.9 Å². The van der Waals surface area contributed by atoms with E-state index < -0.39 is 10.0 Å². The molecule has 1 heterocycles. The third kappa shape index (κ3) is 4.27. The Hall–Kier alpha value is -1.96. The molecule has 116 valence electrons. The van der Waals surface area contributed by atoms with Gasteiger partial charge in [-0.25, -0.2) is 18.5 Å². The number of nitrogens with two attached hydrogens (primary N) is 1. The van der Waals surface area contributed by atoms with E-state index in [0.717, 1.165) is 5.56 Å². The average molecular weight is 340 g/mol. The number of sulfonamides is 1. The van der Waals surface area contributed by atoms with Crippen LogP contribution < -0.4 is 10.5 Å². The predicted octanol–water partition coefficient (Wildman–Crippen LogP) is 1.35. The van der Waals surface area contributed by atoms with Crippen molar-refractivity contribution in [2.45, 2.75) is 11.3 Å². The first-order valence-electron chi connectivity index (χ1n) is 6.38. The van der Waals surface area contributed by atoms with Crippen LogP contribution in [0.5, 0.6) is 0 Å². The van der Waals surface area contributed by atoms with Crippen molar-refractivity contribution in [3.63, 3.8) is 0 Å². The molecule has 2 aromatic rings. The summed E-state index contributed by atoms with van der Waals surface area (Å²) in [6, 6.07) is 9.40. The second-order valence-corrected chi connectivity index (χ2v) is 6.46. The van der Waals surface area contributed by atoms with Gasteiger partial charge in [0.2, 0.25) is 10.0 Å². The fourth-order valence-electron chi connectivity index (χ4n) is 1.82. The van der Waals surface area contributed by atoms with Crippen LogP contribution >= 0.6 is 11.6 Å². The van der Waals surface area contributed by atoms with Crippen molar-refractivity contribution in [2.24, 2.45) is 5.14 Å². The van der Waals surface area contributed by atoms with Crippen LogP contribution in [0.4, 0.5) is 0 Å². The van der Waals surface area contributed by atoms with Gasteiger partial charge in [-0.1, -0.05) is 23.7 Å². The van der Waals surface area contributed by atoms with Gasteiger partial charge in [-0.3, -0.25) is 4.79 Å². The maximum Gasteiger partial charge on any atom is 0.254 e. The van der Waals surface area contributed by atoms with Crippen molar-refractivity contribution in [3.8, 4) is 0 Å². The lowest BCUT2D eigenvalue weighted by Gasteiger charge is -2.06. The van der Waals surface area contributed by atoms with Crippen LogP contribution in [0.1, 0.15) is 15.9 Å². The summed E-state index contributed by atoms with van der Waals surface area (Å²) in [5.41, 5.74) is 1.19. The molecule has 0 saturated carbocycles. The first-order chi connectivity index (χ1) is 10.4. The molecular formula is C14H14ClN3O3S. The zero-order valence-corrected chi connectivity index (χ0v) is 13.1. The number of halogens is 1. The lowest BCUT2D eigenvalue weighted by Crippen LogP contribution is -2.26. The molecule has 3 N–H and O–H groups in total. The third-order valence-corrected chi connectivity index (χ3v) is 4.19. The Bertz CT molecular complexity index is 776. The summed E-state index contributed by atoms with van der Waals surface area (Å²) in [6.07, 6.45) is 2.06. The van der Waals surface area contributed by atoms with Crippen LogP contribution in [0.25, 0.3) is 0 Å². The molecule has 6 nitrogen and oxygen atoms in total. The van der Waals surface area contributed by atoms with E-state index in [2.05, 4.69) is 10.3 Å². The Balaban J connectivity index is 1.92. The molecule has 0 atom stereocenters. The summed E-state index contributed by atoms with van der Waals surface area (Å²) in [5.74, 6) is -0.306. The Kier molecular flexibility index (Phi) is 5.12. The molecule has 1 amide bonds. The molecule has 0 aliphatic heterocycles. The number of nitrogens with zero attached hydrogens (tertiary/aromatic N) is 1. The molecule has 0 fully saturated rings. The number of rotatable bonds is 5. The van der Waals surface area contributed by atoms with E-state index in [1.807, 2.05) is 0 Å². The Morgan fingerprint density at radius 3 is 2.50 bits per heavy atom. The Morgan fingerprint density at radius 1 is 1.23 bits per heavy atom. The number of carbonyl (C=O) groups excluding carboxylic acids is 1. The summed E-state index contributed by atoms with van der Waals surface area (Å²) in [7, 11) is -3.69. The molecule has 22 heavy (non-hydrogen) atoms. The number of amides is 1. The molecule has 1 aromatic carbocycles. The van der Waals surface area contributed by atoms with E-state index in [0.29, 0.717) is 18.5 Å². The molecular weight excluding hydrogens is 326 g/mol. The van der Waals surface area contributed by atoms with Crippen molar-refractivity contribution < 1.29 is 13.2 Å². The van der Waals surface area contributed by atoms with E-state index in [4.69, 9.17) is 16.7 Å². The maximum absolute atomic E-state index is 11.9. The SMILES string of the molecule is NS(=O)(=O)c1ccc(CCNC(=O)c2cccnc2Cl)cc1. The van der Waals surface area contributed by atoms with Crippen LogP contribution in [0.3, 0.4) is 0 Å². The number of hydrogen-bond acceptors (Lipinski definition) is 4. The van der Waals surface area contributed by atoms with Gasteiger partial charge in [0, 0.05) is 12.7 Å². The third-order valence-electron chi connectivity index (χ3n) is 2.95. The first kappa shape index (κ1) is 16.4. The molecule has 8 heteroatoms. The van der Waals surface area contributed by atoms with Crippen LogP contribution in [0.15, 0.2) is 47.5 Å². The lowest BCUT2D eigenvalue weighted by atomic mass is 10.1. The zero-order chi connectivity index (χ0) is 16.2. The van der Waals surface area contributed by atoms with Gasteiger partial charge in [-0.2, -0.15) is 0 Å². The zero-order valence-electron chi connectivity index (χ0n) is 11.5. The topological polar surface area (TPSA) is 102 Å². The number of primary sulfonamides is 1. The van der Waals surface area contributed by atoms with Gasteiger partial charge in [0.15, 0.2) is 0 Å². The molecule has 0 spiro atoms. The van der Waals surface area contributed by atoms with E-state index in [1.54, 1.807) is 24.3 Å². The predicted molar refractivity (Wildman–Crippen MR) is 83.1 cm³/mol. The summed E-state index contributed by atoms with van der Waals surface area (Å²) >= 11 is 5.83. The fourth-order valence-corrected chi connectivity index (χ4v) is 2.54. The molecule has 1 aromatic heterocycles. The number of hydrogen-bond donors (Lipinski definition) is 2. The highest BCUT2D eigenvalue weighted by Crippen LogP contribution is 2.11. The Labute approximate surface area is 133 Å². The molecule has 0 aliphatic rings. The van der Waals surface area contributed by atoms with E-state index in [1.165, 1.54) is 18.3 Å². The standard InChI is InChI=1S/C14H14ClN3O3S/c15-13-12(2-1-8-17-13)14(19)18-9-7-10-3-5-11(6-4-10)22(16,20)21/h1-6,8H,7,9H2,(H,18,19)(H2,16,20,21). The van der Waals surface area contributed by atoms with E-state index in [9.17, 15) is 13.2 Å². The van der Waals surface area contributed by atoms with Crippen molar-refractivity contribution in [3.05, 3.63) is 58.9 Å². The van der Waals surface area contributed by atoms with Crippen molar-refractivity contribution in [1.82, 2.24) is 10.3 Å². The fraction of sp³-hybridized carbons (Fsp3) is 0.143. The van der Waals surface area contributed by atoms with Gasteiger partial charge >= 0.3 is 0 Å². The minimum atomic E-state index is -3.69. The summed E-state index contributed by atoms with van der Waals surface area (Å²) < 4.78 is 22.3. The van der Waals surface area contributed by atoms with Gasteiger partial charge < -0.3 is 5.32 Å². The smallest absolute Gasteiger partial charge is 0.254 e. The molecule has 2 rings (SSSR count). The highest BCUT2D eigenvalue weighted by atomic mass is 35.5. The van der Waals surface area contributed by atoms with Crippen molar-refractivity contribution in [1.29, 1.82) is 0 Å². The first-order valence-corrected chi connectivity index (χ1v) is 8.31. The number of benzene rings is 1. The highest BCUT2D eigenvalue weighted by molar-refractivity contribution is 7.89. The highest BCUT2D eigenvalue weighted by Gasteiger charge is 2.10. The molecule has 0 radical (unpaired) electrons. The Morgan fingerprint density at radius 2 is 1.91 bits per heavy atom. The summed E-state index contributed by atoms with van der Waals surface area (Å²) in [5, 5.41) is 7.90. The number of nitrogens with one attached hydrogen (secondary N) is 1. The van der Waals surface area contributed by atoms with Gasteiger partial charge in [-0.15, -0.1) is 0 Å². The monoisotopic (exact) mass is 339 g/mol. The maximum atomic E-state index is 11.9. The van der Waals surface area contributed by atoms with Crippen LogP contribution in [0, 0.1) is 0 Å². The average Bonchev–Trinajstić information content (AvgIpc) is 2.47. The van der Waals surface area contributed by atoms with Gasteiger partial charge in [0.25, 0.3) is 5.91 Å². The normalized spacial score (nSPS) is 11.2. The minimum Gasteiger partial charge on any atom is -0.352 e.